The Morgan fingerprint density at radius 3 is 1.77 bits per heavy atom. The first-order valence-corrected chi connectivity index (χ1v) is 18.0. The molecule has 4 heteroatoms. The molecule has 0 saturated heterocycles. The fourth-order valence-corrected chi connectivity index (χ4v) is 6.24. The van der Waals surface area contributed by atoms with Gasteiger partial charge in [-0.15, -0.1) is 0 Å². The molecule has 0 aromatic heterocycles. The van der Waals surface area contributed by atoms with E-state index in [0.29, 0.717) is 6.42 Å². The van der Waals surface area contributed by atoms with Crippen LogP contribution in [0.3, 0.4) is 0 Å². The van der Waals surface area contributed by atoms with E-state index in [9.17, 15) is 4.79 Å². The maximum atomic E-state index is 11.7. The molecule has 0 amide bonds. The largest absolute Gasteiger partial charge is 0.377 e. The number of Topliss-reactive ketones (excluding diaryl/α,β-unsaturated/α-hetero) is 1. The van der Waals surface area contributed by atoms with Crippen LogP contribution in [-0.4, -0.2) is 56.5 Å². The van der Waals surface area contributed by atoms with Crippen LogP contribution in [0.15, 0.2) is 71.8 Å². The summed E-state index contributed by atoms with van der Waals surface area (Å²) in [5.74, 6) is 0.209. The second kappa shape index (κ2) is 17.9. The van der Waals surface area contributed by atoms with Crippen molar-refractivity contribution in [3.63, 3.8) is 0 Å². The lowest BCUT2D eigenvalue weighted by molar-refractivity contribution is -0.491. The molecule has 1 aliphatic rings. The van der Waals surface area contributed by atoms with Gasteiger partial charge in [0.15, 0.2) is 5.78 Å². The summed E-state index contributed by atoms with van der Waals surface area (Å²) in [5.41, 5.74) is 12.2. The molecule has 4 nitrogen and oxygen atoms in total. The first-order valence-electron chi connectivity index (χ1n) is 18.0. The van der Waals surface area contributed by atoms with Crippen molar-refractivity contribution in [2.45, 2.75) is 111 Å². The summed E-state index contributed by atoms with van der Waals surface area (Å²) in [6.07, 6.45) is 11.9. The van der Waals surface area contributed by atoms with Crippen LogP contribution < -0.4 is 5.32 Å². The number of allylic oxidation sites excluding steroid dienone is 5. The molecule has 47 heavy (non-hydrogen) atoms. The quantitative estimate of drug-likeness (QED) is 0.147. The van der Waals surface area contributed by atoms with Gasteiger partial charge in [-0.1, -0.05) is 122 Å². The second-order valence-electron chi connectivity index (χ2n) is 15.2. The van der Waals surface area contributed by atoms with Crippen LogP contribution in [0.5, 0.6) is 0 Å². The fourth-order valence-electron chi connectivity index (χ4n) is 6.24. The standard InChI is InChI=1S/C43H63N2O2/c1-11-32(30-44-29-17-15-13-14-16-18-37(46)31-47-10)40-38(33-19-23-35(24-20-33)42(3,4)5)27-28-39(41(40)45(9)12-2)34-21-25-36(26-22-34)43(6,7)8/h19-28,44H,11-18,29-31H2,1-10H3/q+1. The van der Waals surface area contributed by atoms with Gasteiger partial charge in [0.2, 0.25) is 5.71 Å². The molecular weight excluding hydrogens is 576 g/mol. The number of benzene rings is 2. The van der Waals surface area contributed by atoms with E-state index < -0.39 is 0 Å². The number of unbranched alkanes of at least 4 members (excludes halogenated alkanes) is 4. The lowest BCUT2D eigenvalue weighted by Crippen LogP contribution is -2.27. The van der Waals surface area contributed by atoms with Crippen molar-refractivity contribution in [1.29, 1.82) is 0 Å². The molecule has 0 aliphatic heterocycles. The Labute approximate surface area is 287 Å². The molecule has 0 spiro atoms. The van der Waals surface area contributed by atoms with E-state index in [1.807, 2.05) is 0 Å². The van der Waals surface area contributed by atoms with Gasteiger partial charge in [0.05, 0.1) is 11.1 Å². The minimum atomic E-state index is 0.115. The summed E-state index contributed by atoms with van der Waals surface area (Å²) in [5, 5.41) is 3.81. The van der Waals surface area contributed by atoms with Crippen LogP contribution in [0.4, 0.5) is 0 Å². The minimum absolute atomic E-state index is 0.115. The average Bonchev–Trinajstić information content (AvgIpc) is 3.04. The minimum Gasteiger partial charge on any atom is -0.377 e. The highest BCUT2D eigenvalue weighted by Crippen LogP contribution is 2.38. The SMILES string of the molecule is CCC(CNCCCCCCCC(=O)COC)=C1C(c2ccc(C(C)(C)C)cc2)=CC=C(c2ccc(C(C)(C)C)cc2)C1=[N+](C)CC. The molecule has 0 heterocycles. The molecule has 0 saturated carbocycles. The number of nitrogens with zero attached hydrogens (tertiary/aromatic N) is 1. The first kappa shape index (κ1) is 38.4. The number of carbonyl (C=O) groups is 1. The van der Waals surface area contributed by atoms with Crippen LogP contribution in [0.2, 0.25) is 0 Å². The summed E-state index contributed by atoms with van der Waals surface area (Å²) >= 11 is 0. The zero-order valence-electron chi connectivity index (χ0n) is 31.3. The van der Waals surface area contributed by atoms with E-state index in [-0.39, 0.29) is 23.2 Å². The second-order valence-corrected chi connectivity index (χ2v) is 15.2. The topological polar surface area (TPSA) is 41.3 Å². The van der Waals surface area contributed by atoms with Crippen molar-refractivity contribution in [3.8, 4) is 0 Å². The van der Waals surface area contributed by atoms with Gasteiger partial charge in [-0.2, -0.15) is 0 Å². The summed E-state index contributed by atoms with van der Waals surface area (Å²) in [4.78, 5) is 11.7. The van der Waals surface area contributed by atoms with Crippen LogP contribution in [-0.2, 0) is 20.4 Å². The Kier molecular flexibility index (Phi) is 14.6. The van der Waals surface area contributed by atoms with Crippen LogP contribution in [0.25, 0.3) is 11.1 Å². The molecule has 0 atom stereocenters. The fraction of sp³-hybridized carbons (Fsp3) is 0.535. The summed E-state index contributed by atoms with van der Waals surface area (Å²) in [7, 11) is 3.82. The Morgan fingerprint density at radius 1 is 0.745 bits per heavy atom. The number of rotatable bonds is 16. The number of hydrogen-bond acceptors (Lipinski definition) is 3. The van der Waals surface area contributed by atoms with E-state index >= 15 is 0 Å². The molecule has 0 fully saturated rings. The van der Waals surface area contributed by atoms with Gasteiger partial charge in [0, 0.05) is 20.1 Å². The van der Waals surface area contributed by atoms with Crippen molar-refractivity contribution in [1.82, 2.24) is 5.32 Å². The predicted molar refractivity (Wildman–Crippen MR) is 203 cm³/mol. The normalized spacial score (nSPS) is 16.1. The van der Waals surface area contributed by atoms with Crippen molar-refractivity contribution in [2.24, 2.45) is 0 Å². The van der Waals surface area contributed by atoms with E-state index in [2.05, 4.69) is 133 Å². The monoisotopic (exact) mass is 639 g/mol. The number of hydrogen-bond donors (Lipinski definition) is 1. The Bertz CT molecular complexity index is 1440. The van der Waals surface area contributed by atoms with Gasteiger partial charge in [-0.05, 0) is 83.0 Å². The number of ketones is 1. The van der Waals surface area contributed by atoms with Gasteiger partial charge in [-0.25, -0.2) is 4.58 Å². The molecule has 0 bridgehead atoms. The predicted octanol–water partition coefficient (Wildman–Crippen LogP) is 9.72. The van der Waals surface area contributed by atoms with Gasteiger partial charge >= 0.3 is 0 Å². The average molecular weight is 640 g/mol. The van der Waals surface area contributed by atoms with Crippen LogP contribution in [0, 0.1) is 0 Å². The highest BCUT2D eigenvalue weighted by atomic mass is 16.5. The van der Waals surface area contributed by atoms with E-state index in [0.717, 1.165) is 45.3 Å². The Balaban J connectivity index is 1.93. The zero-order chi connectivity index (χ0) is 34.6. The maximum Gasteiger partial charge on any atom is 0.215 e. The van der Waals surface area contributed by atoms with Crippen LogP contribution in [0.1, 0.15) is 123 Å². The van der Waals surface area contributed by atoms with Gasteiger partial charge in [0.25, 0.3) is 0 Å². The summed E-state index contributed by atoms with van der Waals surface area (Å²) in [6, 6.07) is 18.5. The molecule has 1 N–H and O–H groups in total. The lowest BCUT2D eigenvalue weighted by Gasteiger charge is -2.25. The number of nitrogens with one attached hydrogen (secondary N) is 1. The Hall–Kier alpha value is -3.08. The van der Waals surface area contributed by atoms with Gasteiger partial charge < -0.3 is 10.1 Å². The molecule has 2 aromatic carbocycles. The van der Waals surface area contributed by atoms with E-state index in [1.165, 1.54) is 63.1 Å². The third kappa shape index (κ3) is 11.0. The highest BCUT2D eigenvalue weighted by molar-refractivity contribution is 6.36. The van der Waals surface area contributed by atoms with Crippen molar-refractivity contribution in [3.05, 3.63) is 94.1 Å². The smallest absolute Gasteiger partial charge is 0.215 e. The molecule has 1 aliphatic carbocycles. The third-order valence-corrected chi connectivity index (χ3v) is 9.39. The van der Waals surface area contributed by atoms with Crippen molar-refractivity contribution in [2.75, 3.05) is 40.4 Å². The Morgan fingerprint density at radius 2 is 1.26 bits per heavy atom. The zero-order valence-corrected chi connectivity index (χ0v) is 31.3. The third-order valence-electron chi connectivity index (χ3n) is 9.39. The summed E-state index contributed by atoms with van der Waals surface area (Å²) < 4.78 is 7.38. The summed E-state index contributed by atoms with van der Waals surface area (Å²) in [6.45, 7) is 21.2. The van der Waals surface area contributed by atoms with Crippen LogP contribution >= 0.6 is 0 Å². The number of methoxy groups -OCH3 is 1. The van der Waals surface area contributed by atoms with Crippen molar-refractivity contribution >= 4 is 22.6 Å². The number of ether oxygens (including phenoxy) is 1. The van der Waals surface area contributed by atoms with Gasteiger partial charge in [0.1, 0.15) is 20.2 Å². The molecule has 0 radical (unpaired) electrons. The van der Waals surface area contributed by atoms with Crippen molar-refractivity contribution < 1.29 is 14.1 Å². The molecule has 0 unspecified atom stereocenters. The first-order chi connectivity index (χ1) is 22.3. The molecule has 2 aromatic rings. The highest BCUT2D eigenvalue weighted by Gasteiger charge is 2.31. The number of carbonyl (C=O) groups excluding carboxylic acids is 1. The molecular formula is C43H63N2O2+. The van der Waals surface area contributed by atoms with E-state index in [4.69, 9.17) is 4.74 Å². The van der Waals surface area contributed by atoms with Gasteiger partial charge in [-0.3, -0.25) is 4.79 Å². The lowest BCUT2D eigenvalue weighted by atomic mass is 9.79. The maximum absolute atomic E-state index is 11.7. The molecule has 256 valence electrons. The molecule has 3 rings (SSSR count). The van der Waals surface area contributed by atoms with E-state index in [1.54, 1.807) is 7.11 Å².